The summed E-state index contributed by atoms with van der Waals surface area (Å²) < 4.78 is 0. The van der Waals surface area contributed by atoms with E-state index < -0.39 is 0 Å². The molecule has 2 aliphatic heterocycles. The van der Waals surface area contributed by atoms with Crippen molar-refractivity contribution in [3.05, 3.63) is 65.2 Å². The third-order valence-electron chi connectivity index (χ3n) is 6.50. The number of hydrogen-bond donors (Lipinski definition) is 1. The van der Waals surface area contributed by atoms with E-state index in [1.165, 1.54) is 0 Å². The van der Waals surface area contributed by atoms with Gasteiger partial charge in [0.15, 0.2) is 0 Å². The number of benzene rings is 2. The van der Waals surface area contributed by atoms with Crippen molar-refractivity contribution in [3.63, 3.8) is 0 Å². The third kappa shape index (κ3) is 5.53. The zero-order chi connectivity index (χ0) is 23.4. The van der Waals surface area contributed by atoms with E-state index in [4.69, 9.17) is 0 Å². The minimum absolute atomic E-state index is 0.00913. The number of nitrogens with one attached hydrogen (secondary N) is 1. The Morgan fingerprint density at radius 3 is 2.21 bits per heavy atom. The van der Waals surface area contributed by atoms with Gasteiger partial charge in [0.05, 0.1) is 5.92 Å². The van der Waals surface area contributed by atoms with Crippen LogP contribution in [0.1, 0.15) is 34.3 Å². The van der Waals surface area contributed by atoms with E-state index in [2.05, 4.69) is 5.32 Å². The molecule has 2 aliphatic rings. The molecule has 1 N–H and O–H groups in total. The number of anilines is 1. The van der Waals surface area contributed by atoms with Crippen molar-refractivity contribution in [2.75, 3.05) is 44.6 Å². The van der Waals surface area contributed by atoms with Crippen LogP contribution >= 0.6 is 0 Å². The van der Waals surface area contributed by atoms with Crippen LogP contribution in [0.2, 0.25) is 0 Å². The number of rotatable bonds is 3. The van der Waals surface area contributed by atoms with Crippen LogP contribution in [0.25, 0.3) is 0 Å². The highest BCUT2D eigenvalue weighted by atomic mass is 16.2. The smallest absolute Gasteiger partial charge is 0.321 e. The maximum Gasteiger partial charge on any atom is 0.321 e. The summed E-state index contributed by atoms with van der Waals surface area (Å²) >= 11 is 0. The van der Waals surface area contributed by atoms with Crippen LogP contribution in [0.5, 0.6) is 0 Å². The lowest BCUT2D eigenvalue weighted by atomic mass is 9.95. The number of urea groups is 1. The number of amides is 4. The molecule has 0 bridgehead atoms. The van der Waals surface area contributed by atoms with E-state index in [-0.39, 0.29) is 23.8 Å². The molecule has 0 radical (unpaired) electrons. The molecule has 1 unspecified atom stereocenters. The number of likely N-dealkylation sites (tertiary alicyclic amines) is 1. The Balaban J connectivity index is 1.29. The monoisotopic (exact) mass is 448 g/mol. The summed E-state index contributed by atoms with van der Waals surface area (Å²) in [5.41, 5.74) is 3.65. The molecule has 7 heteroatoms. The maximum absolute atomic E-state index is 13.2. The number of piperidine rings is 1. The van der Waals surface area contributed by atoms with Crippen LogP contribution in [0, 0.1) is 19.8 Å². The lowest BCUT2D eigenvalue weighted by Gasteiger charge is -2.39. The van der Waals surface area contributed by atoms with E-state index >= 15 is 0 Å². The highest BCUT2D eigenvalue weighted by Crippen LogP contribution is 2.22. The van der Waals surface area contributed by atoms with Gasteiger partial charge in [-0.3, -0.25) is 9.59 Å². The largest absolute Gasteiger partial charge is 0.339 e. The van der Waals surface area contributed by atoms with Crippen molar-refractivity contribution in [2.24, 2.45) is 5.92 Å². The third-order valence-corrected chi connectivity index (χ3v) is 6.50. The molecule has 2 saturated heterocycles. The first-order valence-corrected chi connectivity index (χ1v) is 11.7. The minimum Gasteiger partial charge on any atom is -0.339 e. The molecule has 4 amide bonds. The van der Waals surface area contributed by atoms with Gasteiger partial charge in [0, 0.05) is 50.5 Å². The molecule has 0 aliphatic carbocycles. The average molecular weight is 449 g/mol. The van der Waals surface area contributed by atoms with Gasteiger partial charge in [-0.25, -0.2) is 4.79 Å². The molecule has 2 fully saturated rings. The molecule has 0 aromatic heterocycles. The van der Waals surface area contributed by atoms with Gasteiger partial charge in [0.2, 0.25) is 5.91 Å². The number of carbonyl (C=O) groups excluding carboxylic acids is 3. The predicted octanol–water partition coefficient (Wildman–Crippen LogP) is 3.53. The van der Waals surface area contributed by atoms with Crippen LogP contribution in [0.4, 0.5) is 10.5 Å². The number of piperazine rings is 1. The zero-order valence-corrected chi connectivity index (χ0v) is 19.4. The van der Waals surface area contributed by atoms with Crippen molar-refractivity contribution in [1.29, 1.82) is 0 Å². The highest BCUT2D eigenvalue weighted by molar-refractivity contribution is 5.95. The first-order chi connectivity index (χ1) is 15.9. The SMILES string of the molecule is Cc1ccc(C(=O)N2CCCC(C(=O)N3CCN(C(=O)Nc4cccc(C)c4)CC3)C2)cc1. The fourth-order valence-corrected chi connectivity index (χ4v) is 4.56. The van der Waals surface area contributed by atoms with Gasteiger partial charge in [-0.05, 0) is 56.5 Å². The van der Waals surface area contributed by atoms with E-state index in [1.807, 2.05) is 72.2 Å². The van der Waals surface area contributed by atoms with Gasteiger partial charge in [-0.2, -0.15) is 0 Å². The molecule has 0 saturated carbocycles. The van der Waals surface area contributed by atoms with Gasteiger partial charge in [-0.1, -0.05) is 29.8 Å². The van der Waals surface area contributed by atoms with Gasteiger partial charge in [-0.15, -0.1) is 0 Å². The van der Waals surface area contributed by atoms with Crippen LogP contribution in [0.15, 0.2) is 48.5 Å². The van der Waals surface area contributed by atoms with Crippen molar-refractivity contribution in [3.8, 4) is 0 Å². The fourth-order valence-electron chi connectivity index (χ4n) is 4.56. The quantitative estimate of drug-likeness (QED) is 0.781. The summed E-state index contributed by atoms with van der Waals surface area (Å²) in [5, 5.41) is 2.94. The molecule has 33 heavy (non-hydrogen) atoms. The summed E-state index contributed by atoms with van der Waals surface area (Å²) in [6.07, 6.45) is 1.62. The Morgan fingerprint density at radius 2 is 1.52 bits per heavy atom. The second-order valence-corrected chi connectivity index (χ2v) is 9.07. The van der Waals surface area contributed by atoms with Crippen LogP contribution < -0.4 is 5.32 Å². The predicted molar refractivity (Wildman–Crippen MR) is 128 cm³/mol. The van der Waals surface area contributed by atoms with E-state index in [9.17, 15) is 14.4 Å². The zero-order valence-electron chi connectivity index (χ0n) is 19.4. The molecular formula is C26H32N4O3. The minimum atomic E-state index is -0.180. The Labute approximate surface area is 195 Å². The second kappa shape index (κ2) is 10.1. The number of aryl methyl sites for hydroxylation is 2. The van der Waals surface area contributed by atoms with E-state index in [0.29, 0.717) is 44.8 Å². The van der Waals surface area contributed by atoms with Crippen LogP contribution in [0.3, 0.4) is 0 Å². The Kier molecular flexibility index (Phi) is 6.96. The summed E-state index contributed by atoms with van der Waals surface area (Å²) in [5.74, 6) is -0.0962. The Morgan fingerprint density at radius 1 is 0.818 bits per heavy atom. The first kappa shape index (κ1) is 22.8. The van der Waals surface area contributed by atoms with Crippen molar-refractivity contribution >= 4 is 23.5 Å². The average Bonchev–Trinajstić information content (AvgIpc) is 2.84. The molecular weight excluding hydrogens is 416 g/mol. The lowest BCUT2D eigenvalue weighted by Crippen LogP contribution is -2.54. The molecule has 174 valence electrons. The Bertz CT molecular complexity index is 1010. The normalized spacial score (nSPS) is 18.7. The number of nitrogens with zero attached hydrogens (tertiary/aromatic N) is 3. The lowest BCUT2D eigenvalue weighted by molar-refractivity contribution is -0.138. The summed E-state index contributed by atoms with van der Waals surface area (Å²) in [6, 6.07) is 15.2. The standard InChI is InChI=1S/C26H32N4O3/c1-19-8-10-21(11-9-19)24(31)30-12-4-6-22(18-30)25(32)28-13-15-29(16-14-28)26(33)27-23-7-3-5-20(2)17-23/h3,5,7-11,17,22H,4,6,12-16,18H2,1-2H3,(H,27,33). The second-order valence-electron chi connectivity index (χ2n) is 9.07. The fraction of sp³-hybridized carbons (Fsp3) is 0.423. The van der Waals surface area contributed by atoms with Gasteiger partial charge in [0.1, 0.15) is 0 Å². The Hall–Kier alpha value is -3.35. The molecule has 2 aromatic carbocycles. The highest BCUT2D eigenvalue weighted by Gasteiger charge is 2.33. The molecule has 1 atom stereocenters. The molecule has 2 aromatic rings. The summed E-state index contributed by atoms with van der Waals surface area (Å²) in [7, 11) is 0. The van der Waals surface area contributed by atoms with E-state index in [0.717, 1.165) is 29.7 Å². The van der Waals surface area contributed by atoms with Crippen molar-refractivity contribution in [1.82, 2.24) is 14.7 Å². The summed E-state index contributed by atoms with van der Waals surface area (Å²) in [4.78, 5) is 44.1. The molecule has 0 spiro atoms. The number of carbonyl (C=O) groups is 3. The van der Waals surface area contributed by atoms with Gasteiger partial charge < -0.3 is 20.0 Å². The molecule has 7 nitrogen and oxygen atoms in total. The maximum atomic E-state index is 13.2. The topological polar surface area (TPSA) is 73.0 Å². The van der Waals surface area contributed by atoms with Gasteiger partial charge >= 0.3 is 6.03 Å². The van der Waals surface area contributed by atoms with Gasteiger partial charge in [0.25, 0.3) is 5.91 Å². The van der Waals surface area contributed by atoms with Crippen LogP contribution in [-0.2, 0) is 4.79 Å². The molecule has 2 heterocycles. The first-order valence-electron chi connectivity index (χ1n) is 11.7. The number of hydrogen-bond acceptors (Lipinski definition) is 3. The van der Waals surface area contributed by atoms with Crippen molar-refractivity contribution in [2.45, 2.75) is 26.7 Å². The summed E-state index contributed by atoms with van der Waals surface area (Å²) in [6.45, 7) is 7.16. The van der Waals surface area contributed by atoms with E-state index in [1.54, 1.807) is 4.90 Å². The van der Waals surface area contributed by atoms with Crippen molar-refractivity contribution < 1.29 is 14.4 Å². The van der Waals surface area contributed by atoms with Crippen LogP contribution in [-0.4, -0.2) is 71.8 Å². The molecule has 4 rings (SSSR count).